The van der Waals surface area contributed by atoms with Gasteiger partial charge in [0.25, 0.3) is 5.91 Å². The second-order valence-corrected chi connectivity index (χ2v) is 10.2. The van der Waals surface area contributed by atoms with Crippen molar-refractivity contribution in [2.24, 2.45) is 5.10 Å². The number of benzene rings is 1. The van der Waals surface area contributed by atoms with Crippen LogP contribution in [0.5, 0.6) is 0 Å². The zero-order valence-corrected chi connectivity index (χ0v) is 21.3. The average molecular weight is 618 g/mol. The van der Waals surface area contributed by atoms with Crippen LogP contribution < -0.4 is 10.3 Å². The van der Waals surface area contributed by atoms with Gasteiger partial charge in [0.05, 0.1) is 37.1 Å². The summed E-state index contributed by atoms with van der Waals surface area (Å²) in [5.41, 5.74) is -8.24. The molecular formula is C20H15ClF7N7O4S. The van der Waals surface area contributed by atoms with E-state index < -0.39 is 76.3 Å². The number of nitrogens with zero attached hydrogens (tertiary/aromatic N) is 6. The molecule has 1 aliphatic rings. The van der Waals surface area contributed by atoms with E-state index in [1.54, 1.807) is 0 Å². The van der Waals surface area contributed by atoms with E-state index in [9.17, 15) is 43.9 Å². The highest BCUT2D eigenvalue weighted by molar-refractivity contribution is 7.90. The lowest BCUT2D eigenvalue weighted by atomic mass is 10.2. The third-order valence-electron chi connectivity index (χ3n) is 5.37. The molecule has 0 fully saturated rings. The summed E-state index contributed by atoms with van der Waals surface area (Å²) in [4.78, 5) is 19.7. The molecule has 0 radical (unpaired) electrons. The number of amidine groups is 1. The smallest absolute Gasteiger partial charge is 0.467 e. The molecular weight excluding hydrogens is 603 g/mol. The number of hydrogen-bond acceptors (Lipinski definition) is 8. The number of alkyl halides is 6. The van der Waals surface area contributed by atoms with Crippen LogP contribution in [0.1, 0.15) is 21.7 Å². The van der Waals surface area contributed by atoms with Gasteiger partial charge in [-0.2, -0.15) is 34.8 Å². The number of hydrogen-bond donors (Lipinski definition) is 1. The predicted molar refractivity (Wildman–Crippen MR) is 124 cm³/mol. The number of hydrazone groups is 1. The Morgan fingerprint density at radius 2 is 1.88 bits per heavy atom. The summed E-state index contributed by atoms with van der Waals surface area (Å²) in [5.74, 6) is -2.64. The summed E-state index contributed by atoms with van der Waals surface area (Å²) < 4.78 is 123. The van der Waals surface area contributed by atoms with Crippen molar-refractivity contribution in [2.45, 2.75) is 18.2 Å². The second kappa shape index (κ2) is 10.3. The number of fused-ring (bicyclic) bond motifs is 1. The number of methoxy groups -OCH3 is 1. The molecule has 0 unspecified atom stereocenters. The average Bonchev–Trinajstić information content (AvgIpc) is 3.25. The molecule has 216 valence electrons. The molecule has 1 aliphatic heterocycles. The molecule has 0 bridgehead atoms. The van der Waals surface area contributed by atoms with Gasteiger partial charge < -0.3 is 10.1 Å². The van der Waals surface area contributed by atoms with E-state index >= 15 is 0 Å². The second-order valence-electron chi connectivity index (χ2n) is 7.95. The van der Waals surface area contributed by atoms with Gasteiger partial charge in [0.15, 0.2) is 5.69 Å². The van der Waals surface area contributed by atoms with E-state index in [2.05, 4.69) is 25.1 Å². The number of imidazole rings is 1. The Labute approximate surface area is 224 Å². The maximum absolute atomic E-state index is 14.9. The minimum atomic E-state index is -5.82. The number of ether oxygens (including phenoxy) is 1. The normalized spacial score (nSPS) is 14.9. The summed E-state index contributed by atoms with van der Waals surface area (Å²) >= 11 is 5.79. The Bertz CT molecular complexity index is 1610. The van der Waals surface area contributed by atoms with E-state index in [0.717, 1.165) is 41.0 Å². The molecule has 0 aliphatic carbocycles. The van der Waals surface area contributed by atoms with Gasteiger partial charge in [-0.1, -0.05) is 17.7 Å². The van der Waals surface area contributed by atoms with Gasteiger partial charge in [-0.25, -0.2) is 18.7 Å². The summed E-state index contributed by atoms with van der Waals surface area (Å²) in [6, 6.07) is 2.33. The van der Waals surface area contributed by atoms with E-state index in [4.69, 9.17) is 11.6 Å². The monoisotopic (exact) mass is 617 g/mol. The Morgan fingerprint density at radius 1 is 1.18 bits per heavy atom. The fourth-order valence-corrected chi connectivity index (χ4v) is 4.64. The Morgan fingerprint density at radius 3 is 2.48 bits per heavy atom. The number of rotatable bonds is 5. The third kappa shape index (κ3) is 5.42. The molecule has 40 heavy (non-hydrogen) atoms. The largest absolute Gasteiger partial charge is 0.516 e. The standard InChI is InChI=1S/C20H15ClF7N7O4S/c1-39-18-32-34(4-5-35(18)40(37,38)20(26,27)28)13-3-2-10(6-12(13)22)7-29-16(36)14-15(19(23,24)25)31-17-30-8-11(21)9-33(14)17/h2-3,6,8-9H,4-5,7H2,1H3,(H,29,36). The van der Waals surface area contributed by atoms with Crippen LogP contribution in [0.25, 0.3) is 5.78 Å². The van der Waals surface area contributed by atoms with E-state index in [0.29, 0.717) is 0 Å². The fraction of sp³-hybridized carbons (Fsp3) is 0.300. The first-order chi connectivity index (χ1) is 18.5. The van der Waals surface area contributed by atoms with Crippen molar-refractivity contribution in [1.82, 2.24) is 24.0 Å². The van der Waals surface area contributed by atoms with Crippen LogP contribution in [-0.4, -0.2) is 64.7 Å². The van der Waals surface area contributed by atoms with Gasteiger partial charge in [-0.15, -0.1) is 5.10 Å². The molecule has 4 rings (SSSR count). The molecule has 0 saturated heterocycles. The molecule has 0 spiro atoms. The first-order valence-corrected chi connectivity index (χ1v) is 12.5. The first kappa shape index (κ1) is 29.1. The zero-order valence-electron chi connectivity index (χ0n) is 19.8. The number of anilines is 1. The summed E-state index contributed by atoms with van der Waals surface area (Å²) in [7, 11) is -4.94. The molecule has 3 heterocycles. The van der Waals surface area contributed by atoms with Crippen molar-refractivity contribution >= 4 is 45.0 Å². The van der Waals surface area contributed by atoms with Crippen LogP contribution in [0.2, 0.25) is 5.02 Å². The molecule has 20 heteroatoms. The van der Waals surface area contributed by atoms with Crippen molar-refractivity contribution in [3.8, 4) is 0 Å². The van der Waals surface area contributed by atoms with Gasteiger partial charge in [-0.05, 0) is 17.7 Å². The molecule has 11 nitrogen and oxygen atoms in total. The number of carbonyl (C=O) groups is 1. The maximum atomic E-state index is 14.9. The molecule has 3 aromatic rings. The van der Waals surface area contributed by atoms with Gasteiger partial charge >= 0.3 is 27.7 Å². The number of amides is 1. The molecule has 0 saturated carbocycles. The van der Waals surface area contributed by atoms with Crippen molar-refractivity contribution < 1.29 is 48.7 Å². The lowest BCUT2D eigenvalue weighted by Gasteiger charge is -2.32. The number of aromatic nitrogens is 3. The fourth-order valence-electron chi connectivity index (χ4n) is 3.61. The highest BCUT2D eigenvalue weighted by Crippen LogP contribution is 2.33. The third-order valence-corrected chi connectivity index (χ3v) is 7.07. The topological polar surface area (TPSA) is 121 Å². The van der Waals surface area contributed by atoms with E-state index in [1.165, 1.54) is 6.07 Å². The van der Waals surface area contributed by atoms with E-state index in [-0.39, 0.29) is 20.6 Å². The van der Waals surface area contributed by atoms with Gasteiger partial charge in [-0.3, -0.25) is 14.2 Å². The summed E-state index contributed by atoms with van der Waals surface area (Å²) in [6.45, 7) is -1.70. The number of carbonyl (C=O) groups excluding carboxylic acids is 1. The molecule has 2 aromatic heterocycles. The first-order valence-electron chi connectivity index (χ1n) is 10.7. The molecule has 1 amide bonds. The highest BCUT2D eigenvalue weighted by Gasteiger charge is 2.52. The lowest BCUT2D eigenvalue weighted by Crippen LogP contribution is -2.51. The SMILES string of the molecule is COC1=NN(c2ccc(CNC(=O)c3c(C(F)(F)F)nc4ncc(Cl)cn34)cc2F)CCN1S(=O)(=O)C(F)(F)F. The van der Waals surface area contributed by atoms with E-state index in [1.807, 2.05) is 0 Å². The number of sulfonamides is 1. The lowest BCUT2D eigenvalue weighted by molar-refractivity contribution is -0.141. The minimum absolute atomic E-state index is 0.0681. The molecule has 0 atom stereocenters. The van der Waals surface area contributed by atoms with Crippen molar-refractivity contribution in [1.29, 1.82) is 0 Å². The van der Waals surface area contributed by atoms with Crippen molar-refractivity contribution in [3.05, 3.63) is 58.4 Å². The summed E-state index contributed by atoms with van der Waals surface area (Å²) in [5, 5.41) is 6.65. The van der Waals surface area contributed by atoms with Crippen LogP contribution >= 0.6 is 11.6 Å². The van der Waals surface area contributed by atoms with Crippen LogP contribution in [0.4, 0.5) is 36.4 Å². The van der Waals surface area contributed by atoms with Crippen LogP contribution in [-0.2, 0) is 27.5 Å². The predicted octanol–water partition coefficient (Wildman–Crippen LogP) is 3.36. The summed E-state index contributed by atoms with van der Waals surface area (Å²) in [6.07, 6.45) is -2.94. The number of halogens is 8. The maximum Gasteiger partial charge on any atom is 0.516 e. The van der Waals surface area contributed by atoms with Gasteiger partial charge in [0.1, 0.15) is 11.5 Å². The molecule has 1 aromatic carbocycles. The minimum Gasteiger partial charge on any atom is -0.467 e. The zero-order chi connectivity index (χ0) is 29.6. The van der Waals surface area contributed by atoms with Crippen LogP contribution in [0.15, 0.2) is 35.7 Å². The van der Waals surface area contributed by atoms with Crippen LogP contribution in [0, 0.1) is 5.82 Å². The van der Waals surface area contributed by atoms with Gasteiger partial charge in [0.2, 0.25) is 5.78 Å². The Balaban J connectivity index is 1.55. The van der Waals surface area contributed by atoms with Crippen LogP contribution in [0.3, 0.4) is 0 Å². The molecule has 1 N–H and O–H groups in total. The Hall–Kier alpha value is -3.87. The number of nitrogens with one attached hydrogen (secondary N) is 1. The van der Waals surface area contributed by atoms with Crippen molar-refractivity contribution in [3.63, 3.8) is 0 Å². The van der Waals surface area contributed by atoms with Gasteiger partial charge in [0, 0.05) is 12.7 Å². The highest BCUT2D eigenvalue weighted by atomic mass is 35.5. The van der Waals surface area contributed by atoms with Crippen molar-refractivity contribution in [2.75, 3.05) is 25.2 Å². The quantitative estimate of drug-likeness (QED) is 0.436. The Kier molecular flexibility index (Phi) is 7.48.